The van der Waals surface area contributed by atoms with E-state index in [1.165, 1.54) is 5.56 Å². The number of nitrogens with zero attached hydrogens (tertiary/aromatic N) is 2. The van der Waals surface area contributed by atoms with Crippen LogP contribution >= 0.6 is 0 Å². The van der Waals surface area contributed by atoms with Gasteiger partial charge in [-0.05, 0) is 28.8 Å². The van der Waals surface area contributed by atoms with E-state index in [1.807, 2.05) is 48.5 Å². The van der Waals surface area contributed by atoms with Gasteiger partial charge < -0.3 is 4.84 Å². The van der Waals surface area contributed by atoms with Crippen LogP contribution in [0.1, 0.15) is 16.7 Å². The van der Waals surface area contributed by atoms with E-state index in [2.05, 4.69) is 35.5 Å². The maximum atomic E-state index is 9.04. The minimum atomic E-state index is 0.381. The fourth-order valence-electron chi connectivity index (χ4n) is 2.39. The summed E-state index contributed by atoms with van der Waals surface area (Å²) in [7, 11) is 0. The zero-order valence-corrected chi connectivity index (χ0v) is 13.1. The second-order valence-corrected chi connectivity index (χ2v) is 5.27. The highest BCUT2D eigenvalue weighted by Crippen LogP contribution is 2.20. The number of benzene rings is 3. The molecule has 0 unspecified atom stereocenters. The van der Waals surface area contributed by atoms with Crippen molar-refractivity contribution in [3.63, 3.8) is 0 Å². The second-order valence-electron chi connectivity index (χ2n) is 5.27. The summed E-state index contributed by atoms with van der Waals surface area (Å²) in [4.78, 5) is 5.37. The third kappa shape index (κ3) is 3.88. The Labute approximate surface area is 141 Å². The van der Waals surface area contributed by atoms with Crippen LogP contribution in [0.25, 0.3) is 11.1 Å². The monoisotopic (exact) mass is 312 g/mol. The Balaban J connectivity index is 1.65. The number of rotatable bonds is 5. The third-order valence-corrected chi connectivity index (χ3v) is 3.61. The summed E-state index contributed by atoms with van der Waals surface area (Å²) < 4.78 is 0. The average molecular weight is 312 g/mol. The summed E-state index contributed by atoms with van der Waals surface area (Å²) in [6.45, 7) is 0.381. The molecule has 3 rings (SSSR count). The molecule has 0 aliphatic heterocycles. The lowest BCUT2D eigenvalue weighted by atomic mass is 10.0. The van der Waals surface area contributed by atoms with Crippen molar-refractivity contribution >= 4 is 6.21 Å². The maximum Gasteiger partial charge on any atom is 0.142 e. The van der Waals surface area contributed by atoms with Gasteiger partial charge in [-0.2, -0.15) is 5.26 Å². The Morgan fingerprint density at radius 2 is 1.62 bits per heavy atom. The maximum absolute atomic E-state index is 9.04. The highest BCUT2D eigenvalue weighted by atomic mass is 16.6. The first-order valence-corrected chi connectivity index (χ1v) is 7.65. The number of oxime groups is 1. The highest BCUT2D eigenvalue weighted by Gasteiger charge is 2.00. The minimum Gasteiger partial charge on any atom is -0.391 e. The predicted molar refractivity (Wildman–Crippen MR) is 95.4 cm³/mol. The van der Waals surface area contributed by atoms with Gasteiger partial charge >= 0.3 is 0 Å². The topological polar surface area (TPSA) is 45.4 Å². The minimum absolute atomic E-state index is 0.381. The molecule has 0 aromatic heterocycles. The van der Waals surface area contributed by atoms with E-state index in [0.717, 1.165) is 16.7 Å². The van der Waals surface area contributed by atoms with Crippen LogP contribution in [0.2, 0.25) is 0 Å². The Morgan fingerprint density at radius 3 is 2.46 bits per heavy atom. The van der Waals surface area contributed by atoms with Crippen LogP contribution in [-0.2, 0) is 11.4 Å². The van der Waals surface area contributed by atoms with E-state index in [9.17, 15) is 0 Å². The van der Waals surface area contributed by atoms with Gasteiger partial charge in [0.25, 0.3) is 0 Å². The fraction of sp³-hybridized carbons (Fsp3) is 0.0476. The number of nitriles is 1. The molecule has 0 amide bonds. The van der Waals surface area contributed by atoms with E-state index in [1.54, 1.807) is 12.3 Å². The lowest BCUT2D eigenvalue weighted by Crippen LogP contribution is -1.91. The van der Waals surface area contributed by atoms with E-state index >= 15 is 0 Å². The fourth-order valence-corrected chi connectivity index (χ4v) is 2.39. The molecule has 0 saturated carbocycles. The molecule has 0 heterocycles. The van der Waals surface area contributed by atoms with Gasteiger partial charge in [0.15, 0.2) is 0 Å². The van der Waals surface area contributed by atoms with Crippen molar-refractivity contribution in [1.82, 2.24) is 0 Å². The standard InChI is InChI=1S/C21H16N2O/c22-14-20-10-4-5-11-21(20)15-23-24-16-17-7-6-12-19(13-17)18-8-2-1-3-9-18/h1-13,15H,16H2. The molecule has 24 heavy (non-hydrogen) atoms. The molecule has 0 spiro atoms. The highest BCUT2D eigenvalue weighted by molar-refractivity contribution is 5.82. The average Bonchev–Trinajstić information content (AvgIpc) is 2.66. The van der Waals surface area contributed by atoms with E-state index in [-0.39, 0.29) is 0 Å². The lowest BCUT2D eigenvalue weighted by Gasteiger charge is -2.05. The number of hydrogen-bond acceptors (Lipinski definition) is 3. The molecule has 3 heteroatoms. The first kappa shape index (κ1) is 15.5. The van der Waals surface area contributed by atoms with Crippen LogP contribution in [-0.4, -0.2) is 6.21 Å². The van der Waals surface area contributed by atoms with E-state index in [0.29, 0.717) is 12.2 Å². The van der Waals surface area contributed by atoms with E-state index in [4.69, 9.17) is 10.1 Å². The molecule has 0 atom stereocenters. The molecule has 0 fully saturated rings. The van der Waals surface area contributed by atoms with Gasteiger partial charge in [-0.1, -0.05) is 71.9 Å². The van der Waals surface area contributed by atoms with Crippen molar-refractivity contribution in [1.29, 1.82) is 5.26 Å². The second kappa shape index (κ2) is 7.75. The van der Waals surface area contributed by atoms with Crippen molar-refractivity contribution in [2.75, 3.05) is 0 Å². The van der Waals surface area contributed by atoms with Gasteiger partial charge in [0.1, 0.15) is 6.61 Å². The van der Waals surface area contributed by atoms with Crippen LogP contribution in [0.3, 0.4) is 0 Å². The molecule has 0 N–H and O–H groups in total. The summed E-state index contributed by atoms with van der Waals surface area (Å²) in [5, 5.41) is 13.0. The number of hydrogen-bond donors (Lipinski definition) is 0. The summed E-state index contributed by atoms with van der Waals surface area (Å²) in [5.74, 6) is 0. The van der Waals surface area contributed by atoms with Crippen molar-refractivity contribution in [3.05, 3.63) is 95.6 Å². The van der Waals surface area contributed by atoms with Crippen molar-refractivity contribution < 1.29 is 4.84 Å². The van der Waals surface area contributed by atoms with Crippen LogP contribution in [0.15, 0.2) is 84.0 Å². The van der Waals surface area contributed by atoms with Crippen molar-refractivity contribution in [2.45, 2.75) is 6.61 Å². The lowest BCUT2D eigenvalue weighted by molar-refractivity contribution is 0.132. The zero-order chi connectivity index (χ0) is 16.6. The van der Waals surface area contributed by atoms with Crippen LogP contribution in [0.5, 0.6) is 0 Å². The first-order valence-electron chi connectivity index (χ1n) is 7.65. The third-order valence-electron chi connectivity index (χ3n) is 3.61. The van der Waals surface area contributed by atoms with Gasteiger partial charge in [0, 0.05) is 5.56 Å². The molecule has 0 radical (unpaired) electrons. The first-order chi connectivity index (χ1) is 11.9. The van der Waals surface area contributed by atoms with Gasteiger partial charge in [-0.3, -0.25) is 0 Å². The van der Waals surface area contributed by atoms with Gasteiger partial charge in [0.2, 0.25) is 0 Å². The SMILES string of the molecule is N#Cc1ccccc1C=NOCc1cccc(-c2ccccc2)c1. The Morgan fingerprint density at radius 1 is 0.875 bits per heavy atom. The predicted octanol–water partition coefficient (Wildman–Crippen LogP) is 4.78. The smallest absolute Gasteiger partial charge is 0.142 e. The van der Waals surface area contributed by atoms with Gasteiger partial charge in [-0.15, -0.1) is 0 Å². The summed E-state index contributed by atoms with van der Waals surface area (Å²) in [5.41, 5.74) is 4.69. The van der Waals surface area contributed by atoms with Gasteiger partial charge in [0.05, 0.1) is 17.8 Å². The Bertz CT molecular complexity index is 880. The van der Waals surface area contributed by atoms with Crippen LogP contribution in [0, 0.1) is 11.3 Å². The Hall–Kier alpha value is -3.38. The summed E-state index contributed by atoms with van der Waals surface area (Å²) in [6, 6.07) is 27.8. The largest absolute Gasteiger partial charge is 0.391 e. The molecule has 0 aliphatic carbocycles. The normalized spacial score (nSPS) is 10.5. The summed E-state index contributed by atoms with van der Waals surface area (Å²) >= 11 is 0. The molecular weight excluding hydrogens is 296 g/mol. The van der Waals surface area contributed by atoms with Crippen LogP contribution < -0.4 is 0 Å². The molecular formula is C21H16N2O. The molecule has 3 aromatic carbocycles. The molecule has 0 bridgehead atoms. The molecule has 3 nitrogen and oxygen atoms in total. The molecule has 0 saturated heterocycles. The Kier molecular flexibility index (Phi) is 5.01. The summed E-state index contributed by atoms with van der Waals surface area (Å²) in [6.07, 6.45) is 1.57. The van der Waals surface area contributed by atoms with Crippen molar-refractivity contribution in [3.8, 4) is 17.2 Å². The zero-order valence-electron chi connectivity index (χ0n) is 13.1. The van der Waals surface area contributed by atoms with Crippen LogP contribution in [0.4, 0.5) is 0 Å². The molecule has 3 aromatic rings. The quantitative estimate of drug-likeness (QED) is 0.503. The van der Waals surface area contributed by atoms with Gasteiger partial charge in [-0.25, -0.2) is 0 Å². The van der Waals surface area contributed by atoms with Crippen molar-refractivity contribution in [2.24, 2.45) is 5.16 Å². The molecule has 0 aliphatic rings. The molecule has 116 valence electrons. The van der Waals surface area contributed by atoms with E-state index < -0.39 is 0 Å².